The molecule has 0 bridgehead atoms. The highest BCUT2D eigenvalue weighted by Gasteiger charge is 2.36. The topological polar surface area (TPSA) is 55.8 Å². The van der Waals surface area contributed by atoms with Crippen molar-refractivity contribution in [3.05, 3.63) is 23.5 Å². The van der Waals surface area contributed by atoms with E-state index in [0.717, 1.165) is 12.8 Å². The molecule has 0 aromatic heterocycles. The summed E-state index contributed by atoms with van der Waals surface area (Å²) in [5.74, 6) is -0.532. The molecule has 0 amide bonds. The molecule has 1 saturated carbocycles. The zero-order valence-corrected chi connectivity index (χ0v) is 11.0. The third-order valence-electron chi connectivity index (χ3n) is 3.46. The van der Waals surface area contributed by atoms with Crippen molar-refractivity contribution < 1.29 is 23.8 Å². The fourth-order valence-electron chi connectivity index (χ4n) is 2.45. The van der Waals surface area contributed by atoms with Crippen molar-refractivity contribution in [2.24, 2.45) is 5.92 Å². The molecule has 0 radical (unpaired) electrons. The smallest absolute Gasteiger partial charge is 0.303 e. The Kier molecular flexibility index (Phi) is 3.93. The number of carboxylic acids is 1. The van der Waals surface area contributed by atoms with Crippen LogP contribution in [-0.4, -0.2) is 25.3 Å². The molecule has 4 nitrogen and oxygen atoms in total. The van der Waals surface area contributed by atoms with E-state index in [1.54, 1.807) is 0 Å². The molecule has 0 spiro atoms. The van der Waals surface area contributed by atoms with Crippen LogP contribution in [0, 0.1) is 11.7 Å². The predicted octanol–water partition coefficient (Wildman–Crippen LogP) is 2.81. The predicted molar refractivity (Wildman–Crippen MR) is 67.2 cm³/mol. The van der Waals surface area contributed by atoms with Gasteiger partial charge in [-0.1, -0.05) is 0 Å². The second kappa shape index (κ2) is 5.47. The van der Waals surface area contributed by atoms with Gasteiger partial charge in [0.2, 0.25) is 0 Å². The minimum absolute atomic E-state index is 0.0202. The molecule has 1 fully saturated rings. The summed E-state index contributed by atoms with van der Waals surface area (Å²) in [6.45, 7) is 0. The number of benzene rings is 1. The van der Waals surface area contributed by atoms with Gasteiger partial charge in [-0.25, -0.2) is 4.39 Å². The number of carboxylic acid groups (broad SMARTS) is 1. The first-order valence-electron chi connectivity index (χ1n) is 6.20. The summed E-state index contributed by atoms with van der Waals surface area (Å²) < 4.78 is 24.0. The molecule has 5 heteroatoms. The number of aliphatic carboxylic acids is 1. The van der Waals surface area contributed by atoms with E-state index in [1.807, 2.05) is 0 Å². The highest BCUT2D eigenvalue weighted by molar-refractivity contribution is 5.69. The van der Waals surface area contributed by atoms with Crippen LogP contribution in [0.3, 0.4) is 0 Å². The third kappa shape index (κ3) is 2.97. The minimum atomic E-state index is -0.887. The molecule has 1 N–H and O–H groups in total. The van der Waals surface area contributed by atoms with Crippen molar-refractivity contribution in [3.8, 4) is 11.5 Å². The van der Waals surface area contributed by atoms with Gasteiger partial charge >= 0.3 is 5.97 Å². The number of rotatable bonds is 6. The number of hydrogen-bond acceptors (Lipinski definition) is 3. The Morgan fingerprint density at radius 2 is 2.11 bits per heavy atom. The number of carbonyl (C=O) groups is 1. The summed E-state index contributed by atoms with van der Waals surface area (Å²) in [5, 5.41) is 9.02. The van der Waals surface area contributed by atoms with Gasteiger partial charge in [0.25, 0.3) is 0 Å². The van der Waals surface area contributed by atoms with E-state index < -0.39 is 11.8 Å². The van der Waals surface area contributed by atoms with Crippen LogP contribution in [0.25, 0.3) is 0 Å². The molecule has 0 aliphatic heterocycles. The number of ether oxygens (including phenoxy) is 2. The van der Waals surface area contributed by atoms with E-state index >= 15 is 0 Å². The zero-order chi connectivity index (χ0) is 14.0. The Bertz CT molecular complexity index is 483. The highest BCUT2D eigenvalue weighted by atomic mass is 19.1. The molecule has 1 atom stereocenters. The second-order valence-corrected chi connectivity index (χ2v) is 4.77. The molecule has 1 aliphatic rings. The van der Waals surface area contributed by atoms with Crippen LogP contribution < -0.4 is 9.47 Å². The Hall–Kier alpha value is -1.78. The molecule has 19 heavy (non-hydrogen) atoms. The van der Waals surface area contributed by atoms with E-state index in [0.29, 0.717) is 17.1 Å². The number of methoxy groups -OCH3 is 2. The third-order valence-corrected chi connectivity index (χ3v) is 3.46. The van der Waals surface area contributed by atoms with E-state index in [-0.39, 0.29) is 18.3 Å². The van der Waals surface area contributed by atoms with Crippen LogP contribution in [0.2, 0.25) is 0 Å². The molecular weight excluding hydrogens is 251 g/mol. The maximum atomic E-state index is 13.6. The van der Waals surface area contributed by atoms with Crippen LogP contribution in [0.4, 0.5) is 4.39 Å². The average molecular weight is 268 g/mol. The van der Waals surface area contributed by atoms with Gasteiger partial charge in [-0.3, -0.25) is 4.79 Å². The lowest BCUT2D eigenvalue weighted by molar-refractivity contribution is -0.137. The SMILES string of the molecule is COc1cc(F)cc(C(CC(=O)O)C2CC2)c1OC. The lowest BCUT2D eigenvalue weighted by Crippen LogP contribution is -2.10. The molecule has 0 heterocycles. The summed E-state index contributed by atoms with van der Waals surface area (Å²) in [6.07, 6.45) is 1.92. The fraction of sp³-hybridized carbons (Fsp3) is 0.500. The first-order valence-corrected chi connectivity index (χ1v) is 6.20. The van der Waals surface area contributed by atoms with Gasteiger partial charge in [0, 0.05) is 17.5 Å². The average Bonchev–Trinajstić information content (AvgIpc) is 3.18. The monoisotopic (exact) mass is 268 g/mol. The van der Waals surface area contributed by atoms with Crippen molar-refractivity contribution in [1.29, 1.82) is 0 Å². The van der Waals surface area contributed by atoms with E-state index in [2.05, 4.69) is 0 Å². The van der Waals surface area contributed by atoms with Gasteiger partial charge in [-0.05, 0) is 24.8 Å². The Morgan fingerprint density at radius 1 is 1.42 bits per heavy atom. The van der Waals surface area contributed by atoms with Crippen LogP contribution in [-0.2, 0) is 4.79 Å². The van der Waals surface area contributed by atoms with Crippen LogP contribution in [0.15, 0.2) is 12.1 Å². The van der Waals surface area contributed by atoms with E-state index in [9.17, 15) is 9.18 Å². The van der Waals surface area contributed by atoms with Crippen molar-refractivity contribution in [1.82, 2.24) is 0 Å². The van der Waals surface area contributed by atoms with E-state index in [1.165, 1.54) is 26.4 Å². The van der Waals surface area contributed by atoms with Gasteiger partial charge in [0.05, 0.1) is 20.6 Å². The van der Waals surface area contributed by atoms with Crippen LogP contribution in [0.1, 0.15) is 30.7 Å². The molecule has 104 valence electrons. The Balaban J connectivity index is 2.45. The van der Waals surface area contributed by atoms with Crippen molar-refractivity contribution in [2.75, 3.05) is 14.2 Å². The van der Waals surface area contributed by atoms with Gasteiger partial charge in [-0.2, -0.15) is 0 Å². The van der Waals surface area contributed by atoms with Crippen molar-refractivity contribution in [2.45, 2.75) is 25.2 Å². The zero-order valence-electron chi connectivity index (χ0n) is 11.0. The molecule has 1 aromatic carbocycles. The normalized spacial score (nSPS) is 15.9. The van der Waals surface area contributed by atoms with Gasteiger partial charge in [0.15, 0.2) is 11.5 Å². The Labute approximate surface area is 111 Å². The maximum absolute atomic E-state index is 13.6. The fourth-order valence-corrected chi connectivity index (χ4v) is 2.45. The van der Waals surface area contributed by atoms with Gasteiger partial charge in [-0.15, -0.1) is 0 Å². The molecule has 2 rings (SSSR count). The molecule has 1 unspecified atom stereocenters. The van der Waals surface area contributed by atoms with Crippen LogP contribution >= 0.6 is 0 Å². The van der Waals surface area contributed by atoms with Crippen molar-refractivity contribution in [3.63, 3.8) is 0 Å². The lowest BCUT2D eigenvalue weighted by Gasteiger charge is -2.20. The van der Waals surface area contributed by atoms with Gasteiger partial charge in [0.1, 0.15) is 5.82 Å². The largest absolute Gasteiger partial charge is 0.493 e. The highest BCUT2D eigenvalue weighted by Crippen LogP contribution is 2.49. The first kappa shape index (κ1) is 13.6. The number of hydrogen-bond donors (Lipinski definition) is 1. The molecular formula is C14H17FO4. The minimum Gasteiger partial charge on any atom is -0.493 e. The van der Waals surface area contributed by atoms with E-state index in [4.69, 9.17) is 14.6 Å². The molecule has 1 aliphatic carbocycles. The lowest BCUT2D eigenvalue weighted by atomic mass is 9.90. The Morgan fingerprint density at radius 3 is 2.58 bits per heavy atom. The summed E-state index contributed by atoms with van der Waals surface area (Å²) >= 11 is 0. The maximum Gasteiger partial charge on any atom is 0.303 e. The summed E-state index contributed by atoms with van der Waals surface area (Å²) in [6, 6.07) is 2.60. The standard InChI is InChI=1S/C14H17FO4/c1-18-12-6-9(15)5-11(14(12)19-2)10(7-13(16)17)8-3-4-8/h5-6,8,10H,3-4,7H2,1-2H3,(H,16,17). The van der Waals surface area contributed by atoms with Crippen molar-refractivity contribution >= 4 is 5.97 Å². The number of halogens is 1. The molecule has 1 aromatic rings. The molecule has 0 saturated heterocycles. The first-order chi connectivity index (χ1) is 9.06. The second-order valence-electron chi connectivity index (χ2n) is 4.77. The van der Waals surface area contributed by atoms with Crippen LogP contribution in [0.5, 0.6) is 11.5 Å². The van der Waals surface area contributed by atoms with Gasteiger partial charge < -0.3 is 14.6 Å². The summed E-state index contributed by atoms with van der Waals surface area (Å²) in [7, 11) is 2.91. The summed E-state index contributed by atoms with van der Waals surface area (Å²) in [5.41, 5.74) is 0.587. The quantitative estimate of drug-likeness (QED) is 0.862. The summed E-state index contributed by atoms with van der Waals surface area (Å²) in [4.78, 5) is 11.0.